The Labute approximate surface area is 118 Å². The molecule has 1 aromatic heterocycles. The van der Waals surface area contributed by atoms with Crippen molar-refractivity contribution in [1.82, 2.24) is 9.55 Å². The zero-order valence-corrected chi connectivity index (χ0v) is 11.6. The maximum Gasteiger partial charge on any atom is 0.128 e. The number of imidazole rings is 1. The summed E-state index contributed by atoms with van der Waals surface area (Å²) in [5.74, 6) is 1.81. The standard InChI is InChI=1S/C16H18N2O2/c1-19-13-4-5-14-15(9-13)20-8-7-16(14)6-2-3-12-10-17-11-18(12)16/h4-5,9-11H,2-3,6-8H2,1H3. The largest absolute Gasteiger partial charge is 0.497 e. The quantitative estimate of drug-likeness (QED) is 0.799. The van der Waals surface area contributed by atoms with Crippen molar-refractivity contribution >= 4 is 0 Å². The number of rotatable bonds is 1. The van der Waals surface area contributed by atoms with Gasteiger partial charge in [-0.25, -0.2) is 4.98 Å². The predicted molar refractivity (Wildman–Crippen MR) is 75.3 cm³/mol. The molecule has 1 spiro atoms. The van der Waals surface area contributed by atoms with Gasteiger partial charge in [0.15, 0.2) is 0 Å². The van der Waals surface area contributed by atoms with E-state index in [4.69, 9.17) is 9.47 Å². The lowest BCUT2D eigenvalue weighted by atomic mass is 9.77. The first-order valence-corrected chi connectivity index (χ1v) is 7.16. The fraction of sp³-hybridized carbons (Fsp3) is 0.438. The molecule has 2 aromatic rings. The van der Waals surface area contributed by atoms with Crippen LogP contribution in [0.3, 0.4) is 0 Å². The van der Waals surface area contributed by atoms with Crippen LogP contribution in [0.2, 0.25) is 0 Å². The molecule has 0 N–H and O–H groups in total. The Morgan fingerprint density at radius 1 is 1.35 bits per heavy atom. The van der Waals surface area contributed by atoms with Crippen LogP contribution >= 0.6 is 0 Å². The topological polar surface area (TPSA) is 36.3 Å². The number of benzene rings is 1. The highest BCUT2D eigenvalue weighted by molar-refractivity contribution is 5.47. The summed E-state index contributed by atoms with van der Waals surface area (Å²) < 4.78 is 13.5. The van der Waals surface area contributed by atoms with Crippen LogP contribution in [-0.4, -0.2) is 23.3 Å². The van der Waals surface area contributed by atoms with Gasteiger partial charge in [0.25, 0.3) is 0 Å². The van der Waals surface area contributed by atoms with Crippen LogP contribution in [-0.2, 0) is 12.0 Å². The molecular weight excluding hydrogens is 252 g/mol. The zero-order valence-electron chi connectivity index (χ0n) is 11.6. The van der Waals surface area contributed by atoms with Crippen LogP contribution in [0.15, 0.2) is 30.7 Å². The average Bonchev–Trinajstić information content (AvgIpc) is 2.97. The van der Waals surface area contributed by atoms with E-state index in [0.29, 0.717) is 0 Å². The summed E-state index contributed by atoms with van der Waals surface area (Å²) in [5, 5.41) is 0. The molecule has 2 aliphatic rings. The first kappa shape index (κ1) is 11.8. The summed E-state index contributed by atoms with van der Waals surface area (Å²) >= 11 is 0. The Bertz CT molecular complexity index is 646. The number of fused-ring (bicyclic) bond motifs is 4. The number of aryl methyl sites for hydroxylation is 1. The molecule has 20 heavy (non-hydrogen) atoms. The van der Waals surface area contributed by atoms with Gasteiger partial charge < -0.3 is 14.0 Å². The van der Waals surface area contributed by atoms with Crippen LogP contribution in [0.25, 0.3) is 0 Å². The second-order valence-electron chi connectivity index (χ2n) is 5.60. The smallest absolute Gasteiger partial charge is 0.128 e. The molecule has 4 nitrogen and oxygen atoms in total. The lowest BCUT2D eigenvalue weighted by Crippen LogP contribution is -2.42. The first-order valence-electron chi connectivity index (χ1n) is 7.16. The van der Waals surface area contributed by atoms with Gasteiger partial charge in [-0.2, -0.15) is 0 Å². The second kappa shape index (κ2) is 4.27. The Morgan fingerprint density at radius 2 is 2.30 bits per heavy atom. The van der Waals surface area contributed by atoms with Crippen molar-refractivity contribution < 1.29 is 9.47 Å². The minimum Gasteiger partial charge on any atom is -0.497 e. The van der Waals surface area contributed by atoms with E-state index in [1.54, 1.807) is 7.11 Å². The summed E-state index contributed by atoms with van der Waals surface area (Å²) in [5.41, 5.74) is 2.62. The molecule has 0 bridgehead atoms. The number of methoxy groups -OCH3 is 1. The van der Waals surface area contributed by atoms with Crippen LogP contribution in [0.1, 0.15) is 30.5 Å². The van der Waals surface area contributed by atoms with Gasteiger partial charge >= 0.3 is 0 Å². The van der Waals surface area contributed by atoms with Gasteiger partial charge in [-0.05, 0) is 31.4 Å². The highest BCUT2D eigenvalue weighted by Crippen LogP contribution is 2.47. The summed E-state index contributed by atoms with van der Waals surface area (Å²) in [6.45, 7) is 0.748. The van der Waals surface area contributed by atoms with E-state index >= 15 is 0 Å². The molecule has 4 rings (SSSR count). The van der Waals surface area contributed by atoms with Gasteiger partial charge in [0.2, 0.25) is 0 Å². The van der Waals surface area contributed by atoms with E-state index in [0.717, 1.165) is 37.4 Å². The third-order valence-corrected chi connectivity index (χ3v) is 4.66. The Balaban J connectivity index is 1.91. The highest BCUT2D eigenvalue weighted by atomic mass is 16.5. The van der Waals surface area contributed by atoms with Crippen LogP contribution in [0.5, 0.6) is 11.5 Å². The van der Waals surface area contributed by atoms with Crippen molar-refractivity contribution in [2.75, 3.05) is 13.7 Å². The monoisotopic (exact) mass is 270 g/mol. The fourth-order valence-electron chi connectivity index (χ4n) is 3.68. The summed E-state index contributed by atoms with van der Waals surface area (Å²) in [4.78, 5) is 4.36. The molecule has 1 aromatic carbocycles. The summed E-state index contributed by atoms with van der Waals surface area (Å²) in [6, 6.07) is 6.18. The third-order valence-electron chi connectivity index (χ3n) is 4.66. The van der Waals surface area contributed by atoms with E-state index < -0.39 is 0 Å². The fourth-order valence-corrected chi connectivity index (χ4v) is 3.68. The maximum atomic E-state index is 5.87. The van der Waals surface area contributed by atoms with Gasteiger partial charge in [0, 0.05) is 29.9 Å². The SMILES string of the molecule is COc1ccc2c(c1)OCCC21CCCc2cncn21. The molecule has 104 valence electrons. The van der Waals surface area contributed by atoms with Crippen molar-refractivity contribution in [1.29, 1.82) is 0 Å². The normalized spacial score (nSPS) is 23.9. The molecule has 0 saturated heterocycles. The molecule has 1 unspecified atom stereocenters. The van der Waals surface area contributed by atoms with Crippen LogP contribution in [0.4, 0.5) is 0 Å². The summed E-state index contributed by atoms with van der Waals surface area (Å²) in [7, 11) is 1.69. The van der Waals surface area contributed by atoms with Gasteiger partial charge in [0.1, 0.15) is 11.5 Å². The van der Waals surface area contributed by atoms with Crippen molar-refractivity contribution in [3.05, 3.63) is 42.0 Å². The second-order valence-corrected chi connectivity index (χ2v) is 5.60. The molecule has 0 amide bonds. The molecular formula is C16H18N2O2. The predicted octanol–water partition coefficient (Wildman–Crippen LogP) is 2.75. The first-order chi connectivity index (χ1) is 9.83. The average molecular weight is 270 g/mol. The van der Waals surface area contributed by atoms with Gasteiger partial charge in [0.05, 0.1) is 25.6 Å². The summed E-state index contributed by atoms with van der Waals surface area (Å²) in [6.07, 6.45) is 8.47. The van der Waals surface area contributed by atoms with Gasteiger partial charge in [-0.1, -0.05) is 0 Å². The van der Waals surface area contributed by atoms with E-state index in [1.165, 1.54) is 17.7 Å². The number of hydrogen-bond donors (Lipinski definition) is 0. The number of ether oxygens (including phenoxy) is 2. The lowest BCUT2D eigenvalue weighted by molar-refractivity contribution is 0.164. The number of nitrogens with zero attached hydrogens (tertiary/aromatic N) is 2. The van der Waals surface area contributed by atoms with Crippen LogP contribution in [0, 0.1) is 0 Å². The van der Waals surface area contributed by atoms with E-state index in [1.807, 2.05) is 24.7 Å². The van der Waals surface area contributed by atoms with Crippen molar-refractivity contribution in [2.45, 2.75) is 31.2 Å². The van der Waals surface area contributed by atoms with Crippen LogP contribution < -0.4 is 9.47 Å². The van der Waals surface area contributed by atoms with Crippen molar-refractivity contribution in [3.8, 4) is 11.5 Å². The molecule has 0 saturated carbocycles. The van der Waals surface area contributed by atoms with E-state index in [2.05, 4.69) is 15.6 Å². The Kier molecular flexibility index (Phi) is 2.52. The van der Waals surface area contributed by atoms with Crippen molar-refractivity contribution in [3.63, 3.8) is 0 Å². The molecule has 3 heterocycles. The molecule has 2 aliphatic heterocycles. The van der Waals surface area contributed by atoms with Crippen molar-refractivity contribution in [2.24, 2.45) is 0 Å². The molecule has 1 atom stereocenters. The third kappa shape index (κ3) is 1.51. The highest BCUT2D eigenvalue weighted by Gasteiger charge is 2.42. The molecule has 0 radical (unpaired) electrons. The molecule has 0 fully saturated rings. The minimum atomic E-state index is 0.0178. The van der Waals surface area contributed by atoms with Gasteiger partial charge in [-0.3, -0.25) is 0 Å². The minimum absolute atomic E-state index is 0.0178. The maximum absolute atomic E-state index is 5.87. The van der Waals surface area contributed by atoms with E-state index in [-0.39, 0.29) is 5.54 Å². The molecule has 0 aliphatic carbocycles. The Hall–Kier alpha value is -1.97. The van der Waals surface area contributed by atoms with Gasteiger partial charge in [-0.15, -0.1) is 0 Å². The lowest BCUT2D eigenvalue weighted by Gasteiger charge is -2.43. The zero-order chi connectivity index (χ0) is 13.6. The van der Waals surface area contributed by atoms with E-state index in [9.17, 15) is 0 Å². The number of aromatic nitrogens is 2. The Morgan fingerprint density at radius 3 is 3.20 bits per heavy atom. The molecule has 4 heteroatoms. The number of hydrogen-bond acceptors (Lipinski definition) is 3.